The van der Waals surface area contributed by atoms with Crippen molar-refractivity contribution in [3.05, 3.63) is 90.0 Å². The summed E-state index contributed by atoms with van der Waals surface area (Å²) in [6.45, 7) is 2.85. The fraction of sp³-hybridized carbons (Fsp3) is 0.136. The fourth-order valence-electron chi connectivity index (χ4n) is 2.82. The molecule has 0 bridgehead atoms. The minimum absolute atomic E-state index is 0.0839. The van der Waals surface area contributed by atoms with Gasteiger partial charge in [-0.25, -0.2) is 0 Å². The quantitative estimate of drug-likeness (QED) is 0.655. The molecule has 3 rings (SSSR count). The molecule has 24 heavy (non-hydrogen) atoms. The summed E-state index contributed by atoms with van der Waals surface area (Å²) in [6.07, 6.45) is 4.10. The van der Waals surface area contributed by atoms with Gasteiger partial charge in [-0.2, -0.15) is 0 Å². The smallest absolute Gasteiger partial charge is 0.220 e. The van der Waals surface area contributed by atoms with E-state index in [1.807, 2.05) is 41.3 Å². The van der Waals surface area contributed by atoms with Crippen LogP contribution in [0.1, 0.15) is 18.1 Å². The van der Waals surface area contributed by atoms with E-state index in [9.17, 15) is 4.79 Å². The van der Waals surface area contributed by atoms with Gasteiger partial charge in [0, 0.05) is 20.0 Å². The number of hydrogen-bond donors (Lipinski definition) is 0. The van der Waals surface area contributed by atoms with Crippen LogP contribution >= 0.6 is 0 Å². The average Bonchev–Trinajstić information content (AvgIpc) is 2.62. The van der Waals surface area contributed by atoms with E-state index < -0.39 is 0 Å². The lowest BCUT2D eigenvalue weighted by molar-refractivity contribution is -0.128. The van der Waals surface area contributed by atoms with E-state index in [1.54, 1.807) is 6.92 Å². The summed E-state index contributed by atoms with van der Waals surface area (Å²) >= 11 is 0. The molecule has 1 amide bonds. The molecular formula is C22H21NO. The third kappa shape index (κ3) is 3.90. The fourth-order valence-corrected chi connectivity index (χ4v) is 2.82. The second kappa shape index (κ2) is 7.60. The van der Waals surface area contributed by atoms with E-state index in [1.165, 1.54) is 16.3 Å². The lowest BCUT2D eigenvalue weighted by atomic mass is 10.0. The van der Waals surface area contributed by atoms with Crippen LogP contribution in [0.15, 0.2) is 78.9 Å². The molecule has 0 saturated heterocycles. The maximum atomic E-state index is 12.0. The monoisotopic (exact) mass is 315 g/mol. The lowest BCUT2D eigenvalue weighted by Crippen LogP contribution is -2.28. The molecule has 0 N–H and O–H groups in total. The van der Waals surface area contributed by atoms with Gasteiger partial charge in [-0.3, -0.25) is 4.79 Å². The third-order valence-electron chi connectivity index (χ3n) is 4.12. The SMILES string of the molecule is CC(=O)N(C/C=C/c1ccccc1)Cc1cccc2ccccc12. The van der Waals surface area contributed by atoms with E-state index in [2.05, 4.69) is 48.5 Å². The van der Waals surface area contributed by atoms with Gasteiger partial charge in [0.25, 0.3) is 0 Å². The van der Waals surface area contributed by atoms with Crippen molar-refractivity contribution in [3.8, 4) is 0 Å². The van der Waals surface area contributed by atoms with Crippen molar-refractivity contribution >= 4 is 22.8 Å². The number of rotatable bonds is 5. The topological polar surface area (TPSA) is 20.3 Å². The van der Waals surface area contributed by atoms with Crippen molar-refractivity contribution in [2.75, 3.05) is 6.54 Å². The second-order valence-corrected chi connectivity index (χ2v) is 5.85. The van der Waals surface area contributed by atoms with Gasteiger partial charge in [0.15, 0.2) is 0 Å². The molecule has 0 heterocycles. The summed E-state index contributed by atoms with van der Waals surface area (Å²) in [4.78, 5) is 13.9. The molecule has 0 aliphatic carbocycles. The minimum Gasteiger partial charge on any atom is -0.335 e. The van der Waals surface area contributed by atoms with Crippen LogP contribution in [0.25, 0.3) is 16.8 Å². The van der Waals surface area contributed by atoms with Crippen LogP contribution in [0.3, 0.4) is 0 Å². The highest BCUT2D eigenvalue weighted by molar-refractivity contribution is 5.86. The number of carbonyl (C=O) groups is 1. The zero-order valence-corrected chi connectivity index (χ0v) is 13.9. The van der Waals surface area contributed by atoms with Crippen molar-refractivity contribution in [1.82, 2.24) is 4.90 Å². The predicted octanol–water partition coefficient (Wildman–Crippen LogP) is 4.90. The summed E-state index contributed by atoms with van der Waals surface area (Å²) in [5.41, 5.74) is 2.32. The van der Waals surface area contributed by atoms with Crippen molar-refractivity contribution in [3.63, 3.8) is 0 Å². The number of benzene rings is 3. The van der Waals surface area contributed by atoms with E-state index in [4.69, 9.17) is 0 Å². The molecule has 2 heteroatoms. The standard InChI is InChI=1S/C22H21NO/c1-18(24)23(16-8-11-19-9-3-2-4-10-19)17-21-14-7-13-20-12-5-6-15-22(20)21/h2-15H,16-17H2,1H3/b11-8+. The van der Waals surface area contributed by atoms with Crippen molar-refractivity contribution in [2.45, 2.75) is 13.5 Å². The average molecular weight is 315 g/mol. The summed E-state index contributed by atoms with van der Waals surface area (Å²) in [5.74, 6) is 0.0839. The zero-order valence-electron chi connectivity index (χ0n) is 13.9. The van der Waals surface area contributed by atoms with E-state index in [0.717, 1.165) is 5.56 Å². The minimum atomic E-state index is 0.0839. The molecule has 0 spiro atoms. The van der Waals surface area contributed by atoms with Gasteiger partial charge >= 0.3 is 0 Å². The van der Waals surface area contributed by atoms with Crippen molar-refractivity contribution in [1.29, 1.82) is 0 Å². The Labute approximate surface area is 143 Å². The largest absolute Gasteiger partial charge is 0.335 e. The molecule has 0 unspecified atom stereocenters. The van der Waals surface area contributed by atoms with Crippen LogP contribution in [-0.2, 0) is 11.3 Å². The zero-order chi connectivity index (χ0) is 16.8. The number of amides is 1. The van der Waals surface area contributed by atoms with Gasteiger partial charge < -0.3 is 4.90 Å². The predicted molar refractivity (Wildman–Crippen MR) is 101 cm³/mol. The normalized spacial score (nSPS) is 11.0. The molecule has 120 valence electrons. The summed E-state index contributed by atoms with van der Waals surface area (Å²) < 4.78 is 0. The highest BCUT2D eigenvalue weighted by Crippen LogP contribution is 2.20. The van der Waals surface area contributed by atoms with Gasteiger partial charge in [-0.1, -0.05) is 84.9 Å². The Morgan fingerprint density at radius 3 is 2.42 bits per heavy atom. The molecule has 0 radical (unpaired) electrons. The Bertz CT molecular complexity index is 847. The first-order valence-corrected chi connectivity index (χ1v) is 8.18. The number of hydrogen-bond acceptors (Lipinski definition) is 1. The molecule has 0 atom stereocenters. The molecule has 0 aliphatic heterocycles. The van der Waals surface area contributed by atoms with Crippen molar-refractivity contribution in [2.24, 2.45) is 0 Å². The molecule has 0 fully saturated rings. The highest BCUT2D eigenvalue weighted by Gasteiger charge is 2.09. The van der Waals surface area contributed by atoms with Crippen LogP contribution in [-0.4, -0.2) is 17.4 Å². The number of nitrogens with zero attached hydrogens (tertiary/aromatic N) is 1. The van der Waals surface area contributed by atoms with Crippen LogP contribution in [0.5, 0.6) is 0 Å². The highest BCUT2D eigenvalue weighted by atomic mass is 16.2. The van der Waals surface area contributed by atoms with Gasteiger partial charge in [0.1, 0.15) is 0 Å². The Balaban J connectivity index is 1.76. The molecular weight excluding hydrogens is 294 g/mol. The second-order valence-electron chi connectivity index (χ2n) is 5.85. The summed E-state index contributed by atoms with van der Waals surface area (Å²) in [7, 11) is 0. The molecule has 2 nitrogen and oxygen atoms in total. The third-order valence-corrected chi connectivity index (χ3v) is 4.12. The van der Waals surface area contributed by atoms with Gasteiger partial charge in [-0.05, 0) is 21.9 Å². The van der Waals surface area contributed by atoms with Gasteiger partial charge in [0.05, 0.1) is 0 Å². The molecule has 3 aromatic carbocycles. The van der Waals surface area contributed by atoms with Crippen LogP contribution in [0, 0.1) is 0 Å². The van der Waals surface area contributed by atoms with E-state index >= 15 is 0 Å². The molecule has 0 aromatic heterocycles. The maximum Gasteiger partial charge on any atom is 0.220 e. The molecule has 3 aromatic rings. The van der Waals surface area contributed by atoms with Gasteiger partial charge in [0.2, 0.25) is 5.91 Å². The van der Waals surface area contributed by atoms with Crippen LogP contribution in [0.2, 0.25) is 0 Å². The Morgan fingerprint density at radius 1 is 0.917 bits per heavy atom. The molecule has 0 aliphatic rings. The first-order chi connectivity index (χ1) is 11.7. The van der Waals surface area contributed by atoms with Crippen molar-refractivity contribution < 1.29 is 4.79 Å². The van der Waals surface area contributed by atoms with E-state index in [0.29, 0.717) is 13.1 Å². The Hall–Kier alpha value is -2.87. The summed E-state index contributed by atoms with van der Waals surface area (Å²) in [6, 6.07) is 24.7. The Kier molecular flexibility index (Phi) is 5.07. The van der Waals surface area contributed by atoms with Crippen LogP contribution in [0.4, 0.5) is 0 Å². The lowest BCUT2D eigenvalue weighted by Gasteiger charge is -2.20. The Morgan fingerprint density at radius 2 is 1.62 bits per heavy atom. The first kappa shape index (κ1) is 16.0. The maximum absolute atomic E-state index is 12.0. The van der Waals surface area contributed by atoms with Crippen LogP contribution < -0.4 is 0 Å². The first-order valence-electron chi connectivity index (χ1n) is 8.18. The molecule has 0 saturated carbocycles. The summed E-state index contributed by atoms with van der Waals surface area (Å²) in [5, 5.41) is 2.41. The number of fused-ring (bicyclic) bond motifs is 1. The van der Waals surface area contributed by atoms with E-state index in [-0.39, 0.29) is 5.91 Å². The number of carbonyl (C=O) groups excluding carboxylic acids is 1. The van der Waals surface area contributed by atoms with Gasteiger partial charge in [-0.15, -0.1) is 0 Å².